The van der Waals surface area contributed by atoms with Crippen LogP contribution in [0.2, 0.25) is 0 Å². The molecule has 86 valence electrons. The fourth-order valence-corrected chi connectivity index (χ4v) is 1.02. The summed E-state index contributed by atoms with van der Waals surface area (Å²) in [4.78, 5) is 7.88. The molecule has 1 atom stereocenters. The summed E-state index contributed by atoms with van der Waals surface area (Å²) in [6, 6.07) is 1.94. The fraction of sp³-hybridized carbons (Fsp3) is 0.545. The van der Waals surface area contributed by atoms with Gasteiger partial charge < -0.3 is 10.4 Å². The normalized spacial score (nSPS) is 14.2. The lowest BCUT2D eigenvalue weighted by Crippen LogP contribution is -2.39. The predicted octanol–water partition coefficient (Wildman–Crippen LogP) is 1.17. The van der Waals surface area contributed by atoms with Crippen molar-refractivity contribution in [2.75, 3.05) is 11.9 Å². The first kappa shape index (κ1) is 12.4. The van der Waals surface area contributed by atoms with Crippen LogP contribution >= 0.6 is 0 Å². The number of nitriles is 1. The van der Waals surface area contributed by atoms with E-state index in [1.165, 1.54) is 12.4 Å². The van der Waals surface area contributed by atoms with Gasteiger partial charge in [0.1, 0.15) is 6.07 Å². The molecule has 0 aromatic carbocycles. The van der Waals surface area contributed by atoms with Crippen LogP contribution in [-0.2, 0) is 0 Å². The Bertz CT molecular complexity index is 395. The minimum Gasteiger partial charge on any atom is -0.388 e. The second-order valence-electron chi connectivity index (χ2n) is 4.23. The quantitative estimate of drug-likeness (QED) is 0.795. The van der Waals surface area contributed by atoms with E-state index >= 15 is 0 Å². The number of hydrogen-bond acceptors (Lipinski definition) is 5. The number of hydrogen-bond donors (Lipinski definition) is 2. The second-order valence-corrected chi connectivity index (χ2v) is 4.23. The van der Waals surface area contributed by atoms with Crippen molar-refractivity contribution in [3.05, 3.63) is 18.1 Å². The van der Waals surface area contributed by atoms with Gasteiger partial charge in [-0.25, -0.2) is 9.97 Å². The molecule has 0 spiro atoms. The summed E-state index contributed by atoms with van der Waals surface area (Å²) in [5, 5.41) is 21.8. The van der Waals surface area contributed by atoms with E-state index in [1.807, 2.05) is 19.9 Å². The first-order valence-electron chi connectivity index (χ1n) is 5.14. The highest BCUT2D eigenvalue weighted by atomic mass is 16.3. The molecule has 1 aromatic heterocycles. The maximum absolute atomic E-state index is 10.0. The Hall–Kier alpha value is -1.67. The number of nitrogens with zero attached hydrogens (tertiary/aromatic N) is 3. The molecule has 5 nitrogen and oxygen atoms in total. The molecule has 2 N–H and O–H groups in total. The van der Waals surface area contributed by atoms with E-state index in [4.69, 9.17) is 5.26 Å². The van der Waals surface area contributed by atoms with Gasteiger partial charge in [-0.15, -0.1) is 0 Å². The van der Waals surface area contributed by atoms with Gasteiger partial charge in [0.2, 0.25) is 0 Å². The molecular weight excluding hydrogens is 204 g/mol. The van der Waals surface area contributed by atoms with Crippen LogP contribution in [0.15, 0.2) is 12.4 Å². The molecule has 1 unspecified atom stereocenters. The van der Waals surface area contributed by atoms with E-state index in [1.54, 1.807) is 6.92 Å². The number of nitrogens with one attached hydrogen (secondary N) is 1. The van der Waals surface area contributed by atoms with E-state index in [0.717, 1.165) is 0 Å². The van der Waals surface area contributed by atoms with Crippen LogP contribution in [0, 0.1) is 17.2 Å². The summed E-state index contributed by atoms with van der Waals surface area (Å²) in [5.74, 6) is 0.521. The van der Waals surface area contributed by atoms with Gasteiger partial charge in [0.25, 0.3) is 0 Å². The van der Waals surface area contributed by atoms with Gasteiger partial charge in [-0.05, 0) is 12.8 Å². The molecule has 0 radical (unpaired) electrons. The van der Waals surface area contributed by atoms with Crippen LogP contribution in [0.4, 0.5) is 5.82 Å². The van der Waals surface area contributed by atoms with Crippen molar-refractivity contribution in [1.82, 2.24) is 9.97 Å². The zero-order valence-electron chi connectivity index (χ0n) is 9.73. The molecule has 0 bridgehead atoms. The molecule has 1 aromatic rings. The molecule has 0 saturated carbocycles. The highest BCUT2D eigenvalue weighted by Crippen LogP contribution is 2.17. The van der Waals surface area contributed by atoms with Crippen LogP contribution in [0.25, 0.3) is 0 Å². The Balaban J connectivity index is 2.72. The van der Waals surface area contributed by atoms with E-state index in [-0.39, 0.29) is 11.6 Å². The Kier molecular flexibility index (Phi) is 3.80. The van der Waals surface area contributed by atoms with Crippen LogP contribution < -0.4 is 5.32 Å². The number of aromatic nitrogens is 2. The standard InChI is InChI=1S/C11H16N4O/c1-8(2)11(3,16)7-15-10-9(6-12)13-4-5-14-10/h4-5,8,16H,7H2,1-3H3,(H,14,15). The molecule has 0 aliphatic rings. The molecular formula is C11H16N4O. The number of anilines is 1. The summed E-state index contributed by atoms with van der Waals surface area (Å²) in [6.45, 7) is 5.94. The van der Waals surface area contributed by atoms with Gasteiger partial charge in [0, 0.05) is 18.9 Å². The Morgan fingerprint density at radius 1 is 1.50 bits per heavy atom. The lowest BCUT2D eigenvalue weighted by atomic mass is 9.92. The Morgan fingerprint density at radius 3 is 2.69 bits per heavy atom. The van der Waals surface area contributed by atoms with E-state index in [9.17, 15) is 5.11 Å². The third kappa shape index (κ3) is 2.91. The van der Waals surface area contributed by atoms with Gasteiger partial charge in [-0.3, -0.25) is 0 Å². The molecule has 16 heavy (non-hydrogen) atoms. The average molecular weight is 220 g/mol. The Labute approximate surface area is 95.2 Å². The second kappa shape index (κ2) is 4.90. The summed E-state index contributed by atoms with van der Waals surface area (Å²) in [5.41, 5.74) is -0.605. The lowest BCUT2D eigenvalue weighted by molar-refractivity contribution is 0.0265. The minimum absolute atomic E-state index is 0.113. The molecule has 0 saturated heterocycles. The maximum Gasteiger partial charge on any atom is 0.182 e. The van der Waals surface area contributed by atoms with Crippen LogP contribution in [-0.4, -0.2) is 27.2 Å². The number of aliphatic hydroxyl groups is 1. The topological polar surface area (TPSA) is 81.8 Å². The molecule has 0 amide bonds. The van der Waals surface area contributed by atoms with Crippen molar-refractivity contribution in [3.8, 4) is 6.07 Å². The molecule has 5 heteroatoms. The molecule has 1 rings (SSSR count). The van der Waals surface area contributed by atoms with Crippen LogP contribution in [0.3, 0.4) is 0 Å². The van der Waals surface area contributed by atoms with Gasteiger partial charge in [0.15, 0.2) is 11.5 Å². The third-order valence-electron chi connectivity index (χ3n) is 2.66. The van der Waals surface area contributed by atoms with E-state index < -0.39 is 5.60 Å². The molecule has 1 heterocycles. The summed E-state index contributed by atoms with van der Waals surface area (Å²) in [6.07, 6.45) is 2.97. The number of rotatable bonds is 4. The average Bonchev–Trinajstić information content (AvgIpc) is 2.26. The van der Waals surface area contributed by atoms with Crippen LogP contribution in [0.5, 0.6) is 0 Å². The first-order chi connectivity index (χ1) is 7.47. The van der Waals surface area contributed by atoms with Crippen molar-refractivity contribution < 1.29 is 5.11 Å². The SMILES string of the molecule is CC(C)C(C)(O)CNc1nccnc1C#N. The lowest BCUT2D eigenvalue weighted by Gasteiger charge is -2.28. The smallest absolute Gasteiger partial charge is 0.182 e. The van der Waals surface area contributed by atoms with Crippen molar-refractivity contribution in [3.63, 3.8) is 0 Å². The zero-order valence-corrected chi connectivity index (χ0v) is 9.73. The zero-order chi connectivity index (χ0) is 12.2. The van der Waals surface area contributed by atoms with E-state index in [2.05, 4.69) is 15.3 Å². The summed E-state index contributed by atoms with van der Waals surface area (Å²) < 4.78 is 0. The van der Waals surface area contributed by atoms with Crippen molar-refractivity contribution in [1.29, 1.82) is 5.26 Å². The fourth-order valence-electron chi connectivity index (χ4n) is 1.02. The first-order valence-corrected chi connectivity index (χ1v) is 5.14. The van der Waals surface area contributed by atoms with Gasteiger partial charge in [-0.1, -0.05) is 13.8 Å². The minimum atomic E-state index is -0.843. The highest BCUT2D eigenvalue weighted by Gasteiger charge is 2.24. The van der Waals surface area contributed by atoms with Gasteiger partial charge >= 0.3 is 0 Å². The van der Waals surface area contributed by atoms with Crippen molar-refractivity contribution in [2.24, 2.45) is 5.92 Å². The summed E-state index contributed by atoms with van der Waals surface area (Å²) >= 11 is 0. The maximum atomic E-state index is 10.0. The predicted molar refractivity (Wildman–Crippen MR) is 60.7 cm³/mol. The highest BCUT2D eigenvalue weighted by molar-refractivity contribution is 5.46. The van der Waals surface area contributed by atoms with Crippen molar-refractivity contribution in [2.45, 2.75) is 26.4 Å². The monoisotopic (exact) mass is 220 g/mol. The van der Waals surface area contributed by atoms with Crippen molar-refractivity contribution >= 4 is 5.82 Å². The molecule has 0 aliphatic heterocycles. The van der Waals surface area contributed by atoms with Gasteiger partial charge in [-0.2, -0.15) is 5.26 Å². The molecule has 0 fully saturated rings. The summed E-state index contributed by atoms with van der Waals surface area (Å²) in [7, 11) is 0. The molecule has 0 aliphatic carbocycles. The van der Waals surface area contributed by atoms with Crippen LogP contribution in [0.1, 0.15) is 26.5 Å². The Morgan fingerprint density at radius 2 is 2.12 bits per heavy atom. The van der Waals surface area contributed by atoms with E-state index in [0.29, 0.717) is 12.4 Å². The van der Waals surface area contributed by atoms with Gasteiger partial charge in [0.05, 0.1) is 5.60 Å². The third-order valence-corrected chi connectivity index (χ3v) is 2.66. The largest absolute Gasteiger partial charge is 0.388 e.